The van der Waals surface area contributed by atoms with Crippen LogP contribution in [0.3, 0.4) is 0 Å². The molecule has 0 fully saturated rings. The molecule has 6 heteroatoms. The van der Waals surface area contributed by atoms with Crippen LogP contribution < -0.4 is 4.74 Å². The number of fused-ring (bicyclic) bond motifs is 1. The highest BCUT2D eigenvalue weighted by atomic mass is 32.2. The third-order valence-corrected chi connectivity index (χ3v) is 5.15. The van der Waals surface area contributed by atoms with Gasteiger partial charge < -0.3 is 9.29 Å². The van der Waals surface area contributed by atoms with Crippen molar-refractivity contribution < 1.29 is 13.7 Å². The van der Waals surface area contributed by atoms with E-state index >= 15 is 0 Å². The lowest BCUT2D eigenvalue weighted by Gasteiger charge is -2.18. The van der Waals surface area contributed by atoms with Gasteiger partial charge in [0.25, 0.3) is 0 Å². The van der Waals surface area contributed by atoms with Gasteiger partial charge in [0.05, 0.1) is 5.52 Å². The van der Waals surface area contributed by atoms with Gasteiger partial charge in [-0.05, 0) is 50.6 Å². The molecule has 3 aromatic rings. The molecule has 0 bridgehead atoms. The lowest BCUT2D eigenvalue weighted by molar-refractivity contribution is 0.305. The molecule has 0 N–H and O–H groups in total. The van der Waals surface area contributed by atoms with Crippen LogP contribution in [0.15, 0.2) is 59.0 Å². The summed E-state index contributed by atoms with van der Waals surface area (Å²) in [5, 5.41) is 0.632. The number of pyridine rings is 1. The first-order valence-corrected chi connectivity index (χ1v) is 9.67. The molecule has 1 unspecified atom stereocenters. The second-order valence-corrected chi connectivity index (χ2v) is 9.01. The Kier molecular flexibility index (Phi) is 5.77. The van der Waals surface area contributed by atoms with Crippen molar-refractivity contribution in [2.24, 2.45) is 4.40 Å². The summed E-state index contributed by atoms with van der Waals surface area (Å²) >= 11 is -1.41. The van der Waals surface area contributed by atoms with E-state index in [4.69, 9.17) is 4.74 Å². The van der Waals surface area contributed by atoms with Crippen LogP contribution in [0.5, 0.6) is 5.75 Å². The lowest BCUT2D eigenvalue weighted by Crippen LogP contribution is -2.25. The van der Waals surface area contributed by atoms with Crippen LogP contribution in [-0.2, 0) is 18.0 Å². The smallest absolute Gasteiger partial charge is 0.147 e. The number of hydrogen-bond donors (Lipinski definition) is 0. The first kappa shape index (κ1) is 19.3. The first-order chi connectivity index (χ1) is 12.8. The van der Waals surface area contributed by atoms with Gasteiger partial charge in [-0.15, -0.1) is 0 Å². The number of nitrogens with zero attached hydrogens (tertiary/aromatic N) is 2. The quantitative estimate of drug-likeness (QED) is 0.467. The molecule has 2 aromatic carbocycles. The van der Waals surface area contributed by atoms with Gasteiger partial charge in [-0.1, -0.05) is 34.7 Å². The van der Waals surface area contributed by atoms with Crippen molar-refractivity contribution in [3.8, 4) is 5.75 Å². The third-order valence-electron chi connectivity index (χ3n) is 3.80. The zero-order chi connectivity index (χ0) is 19.4. The Bertz CT molecular complexity index is 956. The van der Waals surface area contributed by atoms with Crippen molar-refractivity contribution in [1.82, 2.24) is 4.98 Å². The minimum atomic E-state index is -1.41. The first-order valence-electron chi connectivity index (χ1n) is 8.56. The van der Waals surface area contributed by atoms with Crippen LogP contribution in [0.2, 0.25) is 0 Å². The maximum Gasteiger partial charge on any atom is 0.147 e. The van der Waals surface area contributed by atoms with Crippen molar-refractivity contribution in [1.29, 1.82) is 0 Å². The van der Waals surface area contributed by atoms with E-state index in [0.717, 1.165) is 5.56 Å². The Morgan fingerprint density at radius 1 is 1.15 bits per heavy atom. The number of rotatable bonds is 5. The van der Waals surface area contributed by atoms with Gasteiger partial charge in [-0.3, -0.25) is 0 Å². The summed E-state index contributed by atoms with van der Waals surface area (Å²) in [6.45, 7) is 5.89. The van der Waals surface area contributed by atoms with Crippen LogP contribution in [0.1, 0.15) is 32.0 Å². The molecular formula is C21H21FN2O2S. The van der Waals surface area contributed by atoms with E-state index in [0.29, 0.717) is 29.0 Å². The van der Waals surface area contributed by atoms with Crippen LogP contribution in [0.25, 0.3) is 10.9 Å². The molecule has 0 radical (unpaired) electrons. The molecule has 4 nitrogen and oxygen atoms in total. The van der Waals surface area contributed by atoms with E-state index in [-0.39, 0.29) is 5.82 Å². The Morgan fingerprint density at radius 2 is 1.89 bits per heavy atom. The van der Waals surface area contributed by atoms with Crippen LogP contribution in [0.4, 0.5) is 4.39 Å². The molecule has 0 amide bonds. The molecule has 1 heterocycles. The predicted molar refractivity (Wildman–Crippen MR) is 108 cm³/mol. The molecule has 0 saturated heterocycles. The zero-order valence-electron chi connectivity index (χ0n) is 15.5. The van der Waals surface area contributed by atoms with Crippen molar-refractivity contribution in [2.45, 2.75) is 32.1 Å². The van der Waals surface area contributed by atoms with Gasteiger partial charge in [0.1, 0.15) is 46.2 Å². The molecule has 0 aliphatic heterocycles. The number of halogens is 1. The molecule has 1 atom stereocenters. The van der Waals surface area contributed by atoms with E-state index in [1.807, 2.05) is 51.1 Å². The zero-order valence-corrected chi connectivity index (χ0v) is 16.3. The highest BCUT2D eigenvalue weighted by molar-refractivity contribution is 7.91. The molecule has 27 heavy (non-hydrogen) atoms. The normalized spacial score (nSPS) is 13.2. The second-order valence-electron chi connectivity index (χ2n) is 7.08. The number of benzene rings is 2. The number of aromatic nitrogens is 1. The van der Waals surface area contributed by atoms with Crippen molar-refractivity contribution in [3.05, 3.63) is 71.7 Å². The van der Waals surface area contributed by atoms with Crippen molar-refractivity contribution in [3.63, 3.8) is 0 Å². The van der Waals surface area contributed by atoms with Gasteiger partial charge >= 0.3 is 0 Å². The number of ether oxygens (including phenoxy) is 1. The Morgan fingerprint density at radius 3 is 2.59 bits per heavy atom. The SMILES string of the molecule is CC(C)(C)[S+]([O-])/N=C/c1nc2ccc(F)cc2cc1OCc1ccccc1. The summed E-state index contributed by atoms with van der Waals surface area (Å²) in [5.74, 6) is 0.125. The average molecular weight is 384 g/mol. The summed E-state index contributed by atoms with van der Waals surface area (Å²) in [7, 11) is 0. The van der Waals surface area contributed by atoms with E-state index < -0.39 is 16.1 Å². The average Bonchev–Trinajstić information content (AvgIpc) is 2.64. The van der Waals surface area contributed by atoms with E-state index in [1.54, 1.807) is 12.1 Å². The fourth-order valence-electron chi connectivity index (χ4n) is 2.34. The fraction of sp³-hybridized carbons (Fsp3) is 0.238. The molecule has 0 spiro atoms. The Labute approximate surface area is 161 Å². The second kappa shape index (κ2) is 8.06. The van der Waals surface area contributed by atoms with Crippen LogP contribution in [0, 0.1) is 5.82 Å². The van der Waals surface area contributed by atoms with Crippen LogP contribution in [-0.4, -0.2) is 20.5 Å². The van der Waals surface area contributed by atoms with Crippen molar-refractivity contribution in [2.75, 3.05) is 0 Å². The van der Waals surface area contributed by atoms with Gasteiger partial charge in [0.15, 0.2) is 0 Å². The maximum atomic E-state index is 13.6. The Hall–Kier alpha value is -2.44. The van der Waals surface area contributed by atoms with Gasteiger partial charge in [0, 0.05) is 5.39 Å². The van der Waals surface area contributed by atoms with E-state index in [1.165, 1.54) is 18.3 Å². The maximum absolute atomic E-state index is 13.6. The van der Waals surface area contributed by atoms with Gasteiger partial charge in [-0.25, -0.2) is 9.37 Å². The number of hydrogen-bond acceptors (Lipinski definition) is 4. The topological polar surface area (TPSA) is 57.5 Å². The largest absolute Gasteiger partial charge is 0.591 e. The molecule has 0 aliphatic carbocycles. The van der Waals surface area contributed by atoms with E-state index in [2.05, 4.69) is 9.38 Å². The summed E-state index contributed by atoms with van der Waals surface area (Å²) in [6, 6.07) is 15.8. The summed E-state index contributed by atoms with van der Waals surface area (Å²) in [5.41, 5.74) is 2.08. The molecular weight excluding hydrogens is 363 g/mol. The predicted octanol–water partition coefficient (Wildman–Crippen LogP) is 4.83. The van der Waals surface area contributed by atoms with Gasteiger partial charge in [-0.2, -0.15) is 0 Å². The highest BCUT2D eigenvalue weighted by Crippen LogP contribution is 2.25. The summed E-state index contributed by atoms with van der Waals surface area (Å²) in [4.78, 5) is 4.51. The van der Waals surface area contributed by atoms with Gasteiger partial charge in [0.2, 0.25) is 0 Å². The summed E-state index contributed by atoms with van der Waals surface area (Å²) < 4.78 is 35.4. The molecule has 3 rings (SSSR count). The Balaban J connectivity index is 1.95. The molecule has 140 valence electrons. The third kappa shape index (κ3) is 5.05. The minimum Gasteiger partial charge on any atom is -0.591 e. The molecule has 0 aliphatic rings. The molecule has 0 saturated carbocycles. The minimum absolute atomic E-state index is 0.339. The van der Waals surface area contributed by atoms with E-state index in [9.17, 15) is 8.94 Å². The van der Waals surface area contributed by atoms with Crippen molar-refractivity contribution >= 4 is 28.5 Å². The fourth-order valence-corrected chi connectivity index (χ4v) is 2.85. The molecule has 1 aromatic heterocycles. The lowest BCUT2D eigenvalue weighted by atomic mass is 10.2. The highest BCUT2D eigenvalue weighted by Gasteiger charge is 2.26. The summed E-state index contributed by atoms with van der Waals surface area (Å²) in [6.07, 6.45) is 1.46. The monoisotopic (exact) mass is 384 g/mol. The van der Waals surface area contributed by atoms with Crippen LogP contribution >= 0.6 is 0 Å². The standard InChI is InChI=1S/C21H21FN2O2S/c1-21(2,3)27(25)23-13-19-20(26-14-15-7-5-4-6-8-15)12-16-11-17(22)9-10-18(16)24-19/h4-13H,14H2,1-3H3/b23-13+.